The molecular formula is C17H25N3O. The van der Waals surface area contributed by atoms with Gasteiger partial charge in [-0.15, -0.1) is 0 Å². The highest BCUT2D eigenvalue weighted by Crippen LogP contribution is 2.27. The smallest absolute Gasteiger partial charge is 0.272 e. The van der Waals surface area contributed by atoms with Crippen molar-refractivity contribution < 1.29 is 4.79 Å². The van der Waals surface area contributed by atoms with Gasteiger partial charge in [-0.25, -0.2) is 0 Å². The van der Waals surface area contributed by atoms with E-state index >= 15 is 0 Å². The van der Waals surface area contributed by atoms with Crippen LogP contribution < -0.4 is 4.90 Å². The molecule has 1 unspecified atom stereocenters. The lowest BCUT2D eigenvalue weighted by atomic mass is 9.99. The van der Waals surface area contributed by atoms with Gasteiger partial charge in [0.05, 0.1) is 0 Å². The van der Waals surface area contributed by atoms with Crippen molar-refractivity contribution in [1.29, 1.82) is 0 Å². The fraction of sp³-hybridized carbons (Fsp3) is 0.647. The van der Waals surface area contributed by atoms with Crippen molar-refractivity contribution >= 4 is 11.6 Å². The van der Waals surface area contributed by atoms with Gasteiger partial charge in [-0.3, -0.25) is 9.78 Å². The highest BCUT2D eigenvalue weighted by atomic mass is 16.2. The van der Waals surface area contributed by atoms with E-state index in [4.69, 9.17) is 0 Å². The maximum Gasteiger partial charge on any atom is 0.272 e. The molecule has 1 aromatic rings. The van der Waals surface area contributed by atoms with Crippen LogP contribution in [0.25, 0.3) is 0 Å². The van der Waals surface area contributed by atoms with Crippen molar-refractivity contribution in [3.05, 3.63) is 24.0 Å². The van der Waals surface area contributed by atoms with Gasteiger partial charge in [0.2, 0.25) is 0 Å². The summed E-state index contributed by atoms with van der Waals surface area (Å²) in [5.41, 5.74) is 1.77. The van der Waals surface area contributed by atoms with E-state index in [0.717, 1.165) is 38.9 Å². The number of carbonyl (C=O) groups is 1. The first kappa shape index (κ1) is 14.4. The zero-order valence-electron chi connectivity index (χ0n) is 12.9. The van der Waals surface area contributed by atoms with E-state index in [0.29, 0.717) is 11.7 Å². The number of nitrogens with zero attached hydrogens (tertiary/aromatic N) is 3. The summed E-state index contributed by atoms with van der Waals surface area (Å²) in [6.07, 6.45) is 9.02. The van der Waals surface area contributed by atoms with E-state index in [-0.39, 0.29) is 5.91 Å². The summed E-state index contributed by atoms with van der Waals surface area (Å²) in [5, 5.41) is 0. The number of likely N-dealkylation sites (tertiary alicyclic amines) is 1. The van der Waals surface area contributed by atoms with Crippen molar-refractivity contribution in [3.8, 4) is 0 Å². The minimum atomic E-state index is 0.0967. The van der Waals surface area contributed by atoms with Gasteiger partial charge in [0.25, 0.3) is 5.91 Å². The lowest BCUT2D eigenvalue weighted by molar-refractivity contribution is 0.0787. The Labute approximate surface area is 127 Å². The Morgan fingerprint density at radius 3 is 2.76 bits per heavy atom. The summed E-state index contributed by atoms with van der Waals surface area (Å²) in [6.45, 7) is 5.11. The summed E-state index contributed by atoms with van der Waals surface area (Å²) in [6, 6.07) is 4.65. The van der Waals surface area contributed by atoms with Crippen LogP contribution in [0.5, 0.6) is 0 Å². The Bertz CT molecular complexity index is 497. The standard InChI is InChI=1S/C17H25N3O/c1-2-14-7-3-4-12-20(14)15-8-9-18-16(13-15)17(21)19-10-5-6-11-19/h8-9,13-14H,2-7,10-12H2,1H3. The first-order valence-corrected chi connectivity index (χ1v) is 8.31. The van der Waals surface area contributed by atoms with Gasteiger partial charge >= 0.3 is 0 Å². The predicted molar refractivity (Wildman–Crippen MR) is 84.7 cm³/mol. The average Bonchev–Trinajstić information content (AvgIpc) is 3.08. The highest BCUT2D eigenvalue weighted by molar-refractivity contribution is 5.93. The summed E-state index contributed by atoms with van der Waals surface area (Å²) < 4.78 is 0. The van der Waals surface area contributed by atoms with Crippen LogP contribution in [0.2, 0.25) is 0 Å². The molecule has 0 radical (unpaired) electrons. The summed E-state index contributed by atoms with van der Waals surface area (Å²) in [4.78, 5) is 21.2. The molecule has 2 fully saturated rings. The maximum atomic E-state index is 12.5. The van der Waals surface area contributed by atoms with Gasteiger partial charge in [-0.05, 0) is 50.7 Å². The second kappa shape index (κ2) is 6.46. The number of hydrogen-bond donors (Lipinski definition) is 0. The Hall–Kier alpha value is -1.58. The fourth-order valence-electron chi connectivity index (χ4n) is 3.56. The van der Waals surface area contributed by atoms with E-state index in [1.54, 1.807) is 6.20 Å². The molecule has 1 aromatic heterocycles. The third-order valence-corrected chi connectivity index (χ3v) is 4.79. The topological polar surface area (TPSA) is 36.4 Å². The van der Waals surface area contributed by atoms with E-state index in [1.165, 1.54) is 24.9 Å². The molecule has 3 rings (SSSR count). The zero-order chi connectivity index (χ0) is 14.7. The third kappa shape index (κ3) is 3.04. The zero-order valence-corrected chi connectivity index (χ0v) is 12.9. The number of anilines is 1. The number of amides is 1. The summed E-state index contributed by atoms with van der Waals surface area (Å²) >= 11 is 0. The molecule has 2 aliphatic rings. The minimum absolute atomic E-state index is 0.0967. The number of hydrogen-bond acceptors (Lipinski definition) is 3. The van der Waals surface area contributed by atoms with Crippen molar-refractivity contribution in [2.45, 2.75) is 51.5 Å². The molecule has 2 saturated heterocycles. The molecule has 3 heterocycles. The lowest BCUT2D eigenvalue weighted by Crippen LogP contribution is -2.39. The molecule has 1 atom stereocenters. The second-order valence-electron chi connectivity index (χ2n) is 6.15. The van der Waals surface area contributed by atoms with E-state index in [2.05, 4.69) is 22.9 Å². The number of carbonyl (C=O) groups excluding carboxylic acids is 1. The van der Waals surface area contributed by atoms with Crippen LogP contribution in [-0.4, -0.2) is 41.5 Å². The van der Waals surface area contributed by atoms with Crippen molar-refractivity contribution in [3.63, 3.8) is 0 Å². The van der Waals surface area contributed by atoms with Crippen LogP contribution in [0.1, 0.15) is 55.9 Å². The van der Waals surface area contributed by atoms with E-state index in [9.17, 15) is 4.79 Å². The summed E-state index contributed by atoms with van der Waals surface area (Å²) in [7, 11) is 0. The molecule has 21 heavy (non-hydrogen) atoms. The molecular weight excluding hydrogens is 262 g/mol. The Morgan fingerprint density at radius 1 is 1.24 bits per heavy atom. The molecule has 0 saturated carbocycles. The van der Waals surface area contributed by atoms with E-state index in [1.807, 2.05) is 11.0 Å². The number of aromatic nitrogens is 1. The number of pyridine rings is 1. The van der Waals surface area contributed by atoms with Gasteiger partial charge in [-0.2, -0.15) is 0 Å². The predicted octanol–water partition coefficient (Wildman–Crippen LogP) is 3.09. The van der Waals surface area contributed by atoms with Gasteiger partial charge < -0.3 is 9.80 Å². The average molecular weight is 287 g/mol. The Kier molecular flexibility index (Phi) is 4.42. The number of piperidine rings is 1. The van der Waals surface area contributed by atoms with E-state index < -0.39 is 0 Å². The van der Waals surface area contributed by atoms with Gasteiger partial charge in [-0.1, -0.05) is 6.92 Å². The maximum absolute atomic E-state index is 12.5. The minimum Gasteiger partial charge on any atom is -0.368 e. The molecule has 0 aliphatic carbocycles. The van der Waals surface area contributed by atoms with Crippen LogP contribution in [0, 0.1) is 0 Å². The monoisotopic (exact) mass is 287 g/mol. The first-order valence-electron chi connectivity index (χ1n) is 8.31. The second-order valence-corrected chi connectivity index (χ2v) is 6.15. The third-order valence-electron chi connectivity index (χ3n) is 4.79. The Morgan fingerprint density at radius 2 is 2.00 bits per heavy atom. The molecule has 114 valence electrons. The molecule has 0 aromatic carbocycles. The lowest BCUT2D eigenvalue weighted by Gasteiger charge is -2.37. The van der Waals surface area contributed by atoms with Gasteiger partial charge in [0, 0.05) is 37.6 Å². The number of rotatable bonds is 3. The van der Waals surface area contributed by atoms with Crippen LogP contribution in [-0.2, 0) is 0 Å². The first-order chi connectivity index (χ1) is 10.3. The van der Waals surface area contributed by atoms with Crippen LogP contribution in [0.4, 0.5) is 5.69 Å². The van der Waals surface area contributed by atoms with Crippen molar-refractivity contribution in [1.82, 2.24) is 9.88 Å². The molecule has 0 spiro atoms. The Balaban J connectivity index is 1.80. The van der Waals surface area contributed by atoms with Gasteiger partial charge in [0.15, 0.2) is 0 Å². The largest absolute Gasteiger partial charge is 0.368 e. The van der Waals surface area contributed by atoms with Crippen LogP contribution in [0.15, 0.2) is 18.3 Å². The van der Waals surface area contributed by atoms with Crippen LogP contribution in [0.3, 0.4) is 0 Å². The molecule has 4 nitrogen and oxygen atoms in total. The molecule has 2 aliphatic heterocycles. The van der Waals surface area contributed by atoms with Crippen LogP contribution >= 0.6 is 0 Å². The summed E-state index contributed by atoms with van der Waals surface area (Å²) in [5.74, 6) is 0.0967. The quantitative estimate of drug-likeness (QED) is 0.857. The van der Waals surface area contributed by atoms with Crippen molar-refractivity contribution in [2.75, 3.05) is 24.5 Å². The van der Waals surface area contributed by atoms with Gasteiger partial charge in [0.1, 0.15) is 5.69 Å². The molecule has 0 bridgehead atoms. The fourth-order valence-corrected chi connectivity index (χ4v) is 3.56. The molecule has 1 amide bonds. The SMILES string of the molecule is CCC1CCCCN1c1ccnc(C(=O)N2CCCC2)c1. The molecule has 4 heteroatoms. The molecule has 0 N–H and O–H groups in total. The van der Waals surface area contributed by atoms with Crippen molar-refractivity contribution in [2.24, 2.45) is 0 Å². The normalized spacial score (nSPS) is 22.6. The highest BCUT2D eigenvalue weighted by Gasteiger charge is 2.24.